The van der Waals surface area contributed by atoms with Gasteiger partial charge in [-0.05, 0) is 42.9 Å². The SMILES string of the molecule is Cc1ccc(-[n+]2[c-]n(-c3[c-]cccc3)c3ccccc32)cc1.[Pt+4].[c-]1cccc2c1B1c3[c-]cccc3N(c3ccccc3)c3cccc-2c31. The molecule has 232 valence electrons. The molecule has 7 aromatic carbocycles. The summed E-state index contributed by atoms with van der Waals surface area (Å²) in [6.45, 7) is 2.31. The molecule has 8 aromatic rings. The van der Waals surface area contributed by atoms with Gasteiger partial charge in [-0.15, -0.1) is 11.6 Å². The van der Waals surface area contributed by atoms with Crippen LogP contribution < -0.4 is 25.9 Å². The van der Waals surface area contributed by atoms with Gasteiger partial charge < -0.3 is 9.47 Å². The maximum Gasteiger partial charge on any atom is 4.00 e. The molecule has 2 aliphatic rings. The molecule has 5 heteroatoms. The Balaban J connectivity index is 0.000000141. The molecular formula is C44H29BN3Pt+. The van der Waals surface area contributed by atoms with E-state index in [2.05, 4.69) is 167 Å². The van der Waals surface area contributed by atoms with Crippen molar-refractivity contribution in [1.82, 2.24) is 4.57 Å². The van der Waals surface area contributed by atoms with Crippen molar-refractivity contribution in [3.8, 4) is 22.5 Å². The fourth-order valence-corrected chi connectivity index (χ4v) is 7.14. The normalized spacial score (nSPS) is 11.9. The van der Waals surface area contributed by atoms with Crippen LogP contribution in [0.1, 0.15) is 5.56 Å². The van der Waals surface area contributed by atoms with E-state index in [0.29, 0.717) is 0 Å². The molecule has 1 aromatic heterocycles. The van der Waals surface area contributed by atoms with Gasteiger partial charge in [0.1, 0.15) is 0 Å². The first-order chi connectivity index (χ1) is 23.8. The number of rotatable bonds is 3. The van der Waals surface area contributed by atoms with Crippen LogP contribution in [-0.2, 0) is 21.1 Å². The molecular weight excluding hydrogens is 776 g/mol. The van der Waals surface area contributed by atoms with Crippen LogP contribution in [0, 0.1) is 31.5 Å². The zero-order valence-corrected chi connectivity index (χ0v) is 29.0. The Morgan fingerprint density at radius 1 is 0.571 bits per heavy atom. The first-order valence-corrected chi connectivity index (χ1v) is 16.2. The van der Waals surface area contributed by atoms with Crippen molar-refractivity contribution in [2.75, 3.05) is 4.90 Å². The van der Waals surface area contributed by atoms with Crippen LogP contribution in [0.3, 0.4) is 0 Å². The molecule has 0 atom stereocenters. The molecule has 3 nitrogen and oxygen atoms in total. The summed E-state index contributed by atoms with van der Waals surface area (Å²) in [5.74, 6) is 0. The van der Waals surface area contributed by atoms with Gasteiger partial charge in [0.05, 0.1) is 16.7 Å². The number of hydrogen-bond donors (Lipinski definition) is 0. The van der Waals surface area contributed by atoms with Crippen LogP contribution in [0.4, 0.5) is 17.1 Å². The quantitative estimate of drug-likeness (QED) is 0.103. The summed E-state index contributed by atoms with van der Waals surface area (Å²) in [6, 6.07) is 65.0. The van der Waals surface area contributed by atoms with Crippen molar-refractivity contribution in [3.05, 3.63) is 188 Å². The number of nitrogens with zero attached hydrogens (tertiary/aromatic N) is 3. The van der Waals surface area contributed by atoms with E-state index in [-0.39, 0.29) is 27.8 Å². The third-order valence-corrected chi connectivity index (χ3v) is 9.28. The van der Waals surface area contributed by atoms with E-state index in [1.165, 1.54) is 50.1 Å². The van der Waals surface area contributed by atoms with Gasteiger partial charge in [0.25, 0.3) is 6.33 Å². The number of para-hydroxylation sites is 4. The fraction of sp³-hybridized carbons (Fsp3) is 0.0227. The average Bonchev–Trinajstić information content (AvgIpc) is 3.71. The second-order valence-corrected chi connectivity index (χ2v) is 12.2. The van der Waals surface area contributed by atoms with Crippen molar-refractivity contribution < 1.29 is 25.6 Å². The minimum atomic E-state index is 0. The Bertz CT molecular complexity index is 2410. The van der Waals surface area contributed by atoms with Crippen LogP contribution in [0.2, 0.25) is 0 Å². The van der Waals surface area contributed by atoms with Crippen LogP contribution in [-0.4, -0.2) is 11.3 Å². The molecule has 0 spiro atoms. The van der Waals surface area contributed by atoms with E-state index in [4.69, 9.17) is 0 Å². The monoisotopic (exact) mass is 805 g/mol. The van der Waals surface area contributed by atoms with E-state index in [1.54, 1.807) is 0 Å². The standard InChI is InChI=1S/C24H14BN.C20H15N2.Pt/c1-2-9-17(10-3-1)26-22-15-7-6-14-21(22)25-20-13-5-4-11-18(20)19-12-8-16-23(26)24(19)25;1-16-11-13-18(14-12-16)22-15-21(17-7-3-2-4-8-17)19-9-5-6-10-20(19)22;/h1-12,15-16H;2-7,9-14H,1H3;/q-2;-1;+4. The van der Waals surface area contributed by atoms with E-state index >= 15 is 0 Å². The summed E-state index contributed by atoms with van der Waals surface area (Å²) >= 11 is 0. The Morgan fingerprint density at radius 3 is 2.08 bits per heavy atom. The first kappa shape index (κ1) is 30.9. The number of benzene rings is 7. The predicted octanol–water partition coefficient (Wildman–Crippen LogP) is 7.38. The first-order valence-electron chi connectivity index (χ1n) is 16.2. The van der Waals surface area contributed by atoms with Crippen molar-refractivity contribution in [2.24, 2.45) is 0 Å². The molecule has 10 rings (SSSR count). The van der Waals surface area contributed by atoms with Crippen molar-refractivity contribution in [1.29, 1.82) is 0 Å². The number of fused-ring (bicyclic) bond motifs is 6. The van der Waals surface area contributed by atoms with Crippen LogP contribution >= 0.6 is 0 Å². The summed E-state index contributed by atoms with van der Waals surface area (Å²) < 4.78 is 4.14. The summed E-state index contributed by atoms with van der Waals surface area (Å²) in [5, 5.41) is 0. The molecule has 0 saturated carbocycles. The number of hydrogen-bond acceptors (Lipinski definition) is 1. The van der Waals surface area contributed by atoms with Gasteiger partial charge in [-0.1, -0.05) is 89.0 Å². The predicted molar refractivity (Wildman–Crippen MR) is 196 cm³/mol. The molecule has 2 aliphatic heterocycles. The molecule has 0 saturated heterocycles. The van der Waals surface area contributed by atoms with E-state index in [0.717, 1.165) is 22.4 Å². The second kappa shape index (κ2) is 12.9. The van der Waals surface area contributed by atoms with Gasteiger partial charge in [-0.25, -0.2) is 0 Å². The van der Waals surface area contributed by atoms with Crippen molar-refractivity contribution in [3.63, 3.8) is 0 Å². The topological polar surface area (TPSA) is 12.0 Å². The van der Waals surface area contributed by atoms with Gasteiger partial charge in [-0.3, -0.25) is 4.57 Å². The number of imidazole rings is 1. The molecule has 0 aliphatic carbocycles. The minimum Gasteiger partial charge on any atom is -0.366 e. The van der Waals surface area contributed by atoms with Gasteiger partial charge in [0.2, 0.25) is 0 Å². The largest absolute Gasteiger partial charge is 4.00 e. The summed E-state index contributed by atoms with van der Waals surface area (Å²) in [4.78, 5) is 2.37. The van der Waals surface area contributed by atoms with E-state index < -0.39 is 0 Å². The van der Waals surface area contributed by atoms with Crippen molar-refractivity contribution >= 4 is 51.2 Å². The maximum atomic E-state index is 3.54. The van der Waals surface area contributed by atoms with E-state index in [1.807, 2.05) is 36.4 Å². The Kier molecular flexibility index (Phi) is 8.11. The fourth-order valence-electron chi connectivity index (χ4n) is 7.14. The third kappa shape index (κ3) is 5.24. The number of aryl methyl sites for hydroxylation is 1. The molecule has 0 amide bonds. The molecule has 0 bridgehead atoms. The third-order valence-electron chi connectivity index (χ3n) is 9.28. The van der Waals surface area contributed by atoms with Crippen LogP contribution in [0.25, 0.3) is 33.5 Å². The molecule has 0 N–H and O–H groups in total. The van der Waals surface area contributed by atoms with Gasteiger partial charge in [-0.2, -0.15) is 83.7 Å². The van der Waals surface area contributed by atoms with Crippen LogP contribution in [0.5, 0.6) is 0 Å². The average molecular weight is 806 g/mol. The summed E-state index contributed by atoms with van der Waals surface area (Å²) in [7, 11) is 0. The minimum absolute atomic E-state index is 0. The summed E-state index contributed by atoms with van der Waals surface area (Å²) in [6.07, 6.45) is 3.44. The zero-order valence-electron chi connectivity index (χ0n) is 26.7. The molecule has 3 heterocycles. The van der Waals surface area contributed by atoms with Crippen molar-refractivity contribution in [2.45, 2.75) is 6.92 Å². The van der Waals surface area contributed by atoms with Gasteiger partial charge in [0, 0.05) is 11.4 Å². The molecule has 0 unspecified atom stereocenters. The molecule has 49 heavy (non-hydrogen) atoms. The Hall–Kier alpha value is -5.44. The van der Waals surface area contributed by atoms with Gasteiger partial charge >= 0.3 is 21.1 Å². The zero-order chi connectivity index (χ0) is 32.0. The Morgan fingerprint density at radius 2 is 1.27 bits per heavy atom. The van der Waals surface area contributed by atoms with E-state index in [9.17, 15) is 0 Å². The van der Waals surface area contributed by atoms with Gasteiger partial charge in [0.15, 0.2) is 6.71 Å². The molecule has 0 radical (unpaired) electrons. The second-order valence-electron chi connectivity index (χ2n) is 12.2. The van der Waals surface area contributed by atoms with Crippen LogP contribution in [0.15, 0.2) is 158 Å². The molecule has 0 fully saturated rings. The number of anilines is 3. The Labute approximate surface area is 302 Å². The number of aromatic nitrogens is 2. The maximum absolute atomic E-state index is 3.54. The summed E-state index contributed by atoms with van der Waals surface area (Å²) in [5.41, 5.74) is 15.7. The smallest absolute Gasteiger partial charge is 0.366 e.